The number of rotatable bonds is 3. The number of piperidine rings is 1. The number of benzene rings is 1. The first kappa shape index (κ1) is 14.4. The van der Waals surface area contributed by atoms with Gasteiger partial charge in [-0.1, -0.05) is 12.1 Å². The van der Waals surface area contributed by atoms with Crippen molar-refractivity contribution in [1.82, 2.24) is 5.32 Å². The zero-order valence-corrected chi connectivity index (χ0v) is 12.1. The van der Waals surface area contributed by atoms with Crippen molar-refractivity contribution in [1.29, 1.82) is 0 Å². The second kappa shape index (κ2) is 5.93. The van der Waals surface area contributed by atoms with Crippen molar-refractivity contribution in [2.24, 2.45) is 5.92 Å². The summed E-state index contributed by atoms with van der Waals surface area (Å²) in [4.78, 5) is 0. The minimum atomic E-state index is -0.378. The Morgan fingerprint density at radius 2 is 1.95 bits per heavy atom. The highest BCUT2D eigenvalue weighted by molar-refractivity contribution is 5.29. The Labute approximate surface area is 116 Å². The first-order chi connectivity index (χ1) is 8.96. The molecule has 0 bridgehead atoms. The molecule has 2 N–H and O–H groups in total. The van der Waals surface area contributed by atoms with E-state index in [2.05, 4.69) is 5.32 Å². The van der Waals surface area contributed by atoms with Gasteiger partial charge >= 0.3 is 0 Å². The highest BCUT2D eigenvalue weighted by Crippen LogP contribution is 2.28. The van der Waals surface area contributed by atoms with Crippen molar-refractivity contribution in [2.75, 3.05) is 13.1 Å². The minimum absolute atomic E-state index is 0.187. The molecule has 0 amide bonds. The Balaban J connectivity index is 2.01. The molecule has 1 heterocycles. The molecule has 1 aromatic carbocycles. The van der Waals surface area contributed by atoms with Crippen LogP contribution in [0.3, 0.4) is 0 Å². The van der Waals surface area contributed by atoms with Gasteiger partial charge in [-0.05, 0) is 57.9 Å². The zero-order chi connectivity index (χ0) is 13.9. The average molecular weight is 263 g/mol. The maximum absolute atomic E-state index is 10.4. The van der Waals surface area contributed by atoms with E-state index < -0.39 is 0 Å². The van der Waals surface area contributed by atoms with Gasteiger partial charge in [0.1, 0.15) is 11.4 Å². The van der Waals surface area contributed by atoms with Crippen LogP contribution in [-0.2, 0) is 0 Å². The van der Waals surface area contributed by atoms with Crippen molar-refractivity contribution in [3.05, 3.63) is 29.8 Å². The summed E-state index contributed by atoms with van der Waals surface area (Å²) in [6, 6.07) is 7.83. The Bertz CT molecular complexity index is 388. The lowest BCUT2D eigenvalue weighted by atomic mass is 9.89. The van der Waals surface area contributed by atoms with Crippen molar-refractivity contribution in [2.45, 2.75) is 45.3 Å². The van der Waals surface area contributed by atoms with Crippen LogP contribution in [0.15, 0.2) is 24.3 Å². The third kappa shape index (κ3) is 4.22. The van der Waals surface area contributed by atoms with E-state index in [4.69, 9.17) is 4.74 Å². The average Bonchev–Trinajstić information content (AvgIpc) is 2.38. The maximum Gasteiger partial charge on any atom is 0.120 e. The van der Waals surface area contributed by atoms with Gasteiger partial charge in [0.15, 0.2) is 0 Å². The molecule has 2 rings (SSSR count). The summed E-state index contributed by atoms with van der Waals surface area (Å²) in [6.07, 6.45) is 1.86. The lowest BCUT2D eigenvalue weighted by Crippen LogP contribution is -2.33. The van der Waals surface area contributed by atoms with Crippen molar-refractivity contribution in [3.8, 4) is 5.75 Å². The van der Waals surface area contributed by atoms with Crippen LogP contribution < -0.4 is 10.1 Å². The number of ether oxygens (including phenoxy) is 1. The van der Waals surface area contributed by atoms with Gasteiger partial charge in [0.25, 0.3) is 0 Å². The van der Waals surface area contributed by atoms with Gasteiger partial charge in [0.05, 0.1) is 6.10 Å². The molecule has 0 aromatic heterocycles. The Morgan fingerprint density at radius 1 is 1.26 bits per heavy atom. The third-order valence-corrected chi connectivity index (χ3v) is 3.43. The topological polar surface area (TPSA) is 41.5 Å². The Kier molecular flexibility index (Phi) is 4.48. The van der Waals surface area contributed by atoms with E-state index in [1.165, 1.54) is 0 Å². The van der Waals surface area contributed by atoms with E-state index in [-0.39, 0.29) is 11.7 Å². The minimum Gasteiger partial charge on any atom is -0.488 e. The Hall–Kier alpha value is -1.06. The van der Waals surface area contributed by atoms with E-state index >= 15 is 0 Å². The van der Waals surface area contributed by atoms with Crippen molar-refractivity contribution in [3.63, 3.8) is 0 Å². The first-order valence-electron chi connectivity index (χ1n) is 7.13. The normalized spacial score (nSPS) is 22.0. The van der Waals surface area contributed by atoms with Crippen LogP contribution >= 0.6 is 0 Å². The molecule has 1 aliphatic rings. The summed E-state index contributed by atoms with van der Waals surface area (Å²) < 4.78 is 5.79. The molecule has 0 radical (unpaired) electrons. The molecular weight excluding hydrogens is 238 g/mol. The number of aliphatic hydroxyl groups is 1. The molecule has 106 valence electrons. The second-order valence-electron chi connectivity index (χ2n) is 6.33. The van der Waals surface area contributed by atoms with E-state index in [0.29, 0.717) is 5.92 Å². The van der Waals surface area contributed by atoms with Crippen LogP contribution in [0.4, 0.5) is 0 Å². The SMILES string of the molecule is CC(C)(C)Oc1ccc(C(O)C2CCCNC2)cc1. The predicted molar refractivity (Wildman–Crippen MR) is 77.4 cm³/mol. The van der Waals surface area contributed by atoms with Gasteiger partial charge in [0.2, 0.25) is 0 Å². The molecule has 19 heavy (non-hydrogen) atoms. The van der Waals surface area contributed by atoms with E-state index in [1.54, 1.807) is 0 Å². The molecule has 3 nitrogen and oxygen atoms in total. The Morgan fingerprint density at radius 3 is 2.47 bits per heavy atom. The molecule has 0 spiro atoms. The number of aliphatic hydroxyl groups excluding tert-OH is 1. The standard InChI is InChI=1S/C16H25NO2/c1-16(2,3)19-14-8-6-12(7-9-14)15(18)13-5-4-10-17-11-13/h6-9,13,15,17-18H,4-5,10-11H2,1-3H3. The number of hydrogen-bond acceptors (Lipinski definition) is 3. The lowest BCUT2D eigenvalue weighted by Gasteiger charge is -2.28. The van der Waals surface area contributed by atoms with Gasteiger partial charge in [-0.2, -0.15) is 0 Å². The van der Waals surface area contributed by atoms with Crippen LogP contribution in [0.1, 0.15) is 45.3 Å². The summed E-state index contributed by atoms with van der Waals surface area (Å²) >= 11 is 0. The smallest absolute Gasteiger partial charge is 0.120 e. The van der Waals surface area contributed by atoms with E-state index in [1.807, 2.05) is 45.0 Å². The van der Waals surface area contributed by atoms with Gasteiger partial charge in [-0.3, -0.25) is 0 Å². The van der Waals surface area contributed by atoms with Gasteiger partial charge in [-0.15, -0.1) is 0 Å². The van der Waals surface area contributed by atoms with E-state index in [0.717, 1.165) is 37.2 Å². The van der Waals surface area contributed by atoms with Crippen LogP contribution in [0.25, 0.3) is 0 Å². The van der Waals surface area contributed by atoms with Gasteiger partial charge in [-0.25, -0.2) is 0 Å². The maximum atomic E-state index is 10.4. The van der Waals surface area contributed by atoms with Crippen LogP contribution in [0, 0.1) is 5.92 Å². The third-order valence-electron chi connectivity index (χ3n) is 3.43. The van der Waals surface area contributed by atoms with Crippen LogP contribution in [0.2, 0.25) is 0 Å². The fourth-order valence-corrected chi connectivity index (χ4v) is 2.51. The molecular formula is C16H25NO2. The lowest BCUT2D eigenvalue weighted by molar-refractivity contribution is 0.0918. The molecule has 1 aromatic rings. The molecule has 3 heteroatoms. The fraction of sp³-hybridized carbons (Fsp3) is 0.625. The highest BCUT2D eigenvalue weighted by Gasteiger charge is 2.23. The summed E-state index contributed by atoms with van der Waals surface area (Å²) in [5.41, 5.74) is 0.794. The zero-order valence-electron chi connectivity index (χ0n) is 12.1. The van der Waals surface area contributed by atoms with Gasteiger partial charge in [0, 0.05) is 12.5 Å². The largest absolute Gasteiger partial charge is 0.488 e. The monoisotopic (exact) mass is 263 g/mol. The van der Waals surface area contributed by atoms with Crippen LogP contribution in [-0.4, -0.2) is 23.8 Å². The summed E-state index contributed by atoms with van der Waals surface area (Å²) in [5, 5.41) is 13.7. The van der Waals surface area contributed by atoms with Crippen molar-refractivity contribution >= 4 is 0 Å². The molecule has 2 unspecified atom stereocenters. The first-order valence-corrected chi connectivity index (χ1v) is 7.13. The second-order valence-corrected chi connectivity index (χ2v) is 6.33. The molecule has 1 fully saturated rings. The van der Waals surface area contributed by atoms with Gasteiger partial charge < -0.3 is 15.2 Å². The summed E-state index contributed by atoms with van der Waals surface area (Å²) in [5.74, 6) is 1.17. The van der Waals surface area contributed by atoms with Crippen molar-refractivity contribution < 1.29 is 9.84 Å². The molecule has 1 saturated heterocycles. The van der Waals surface area contributed by atoms with E-state index in [9.17, 15) is 5.11 Å². The highest BCUT2D eigenvalue weighted by atomic mass is 16.5. The fourth-order valence-electron chi connectivity index (χ4n) is 2.51. The number of nitrogens with one attached hydrogen (secondary N) is 1. The van der Waals surface area contributed by atoms with Crippen LogP contribution in [0.5, 0.6) is 5.75 Å². The molecule has 0 saturated carbocycles. The molecule has 2 atom stereocenters. The molecule has 0 aliphatic carbocycles. The predicted octanol–water partition coefficient (Wildman–Crippen LogP) is 2.90. The molecule has 1 aliphatic heterocycles. The number of hydrogen-bond donors (Lipinski definition) is 2. The quantitative estimate of drug-likeness (QED) is 0.881. The summed E-state index contributed by atoms with van der Waals surface area (Å²) in [6.45, 7) is 8.07. The summed E-state index contributed by atoms with van der Waals surface area (Å²) in [7, 11) is 0.